The fourth-order valence-electron chi connectivity index (χ4n) is 3.46. The highest BCUT2D eigenvalue weighted by molar-refractivity contribution is 5.85. The van der Waals surface area contributed by atoms with Crippen LogP contribution in [-0.2, 0) is 15.1 Å². The lowest BCUT2D eigenvalue weighted by atomic mass is 9.87. The maximum Gasteiger partial charge on any atom is 0.251 e. The third-order valence-electron chi connectivity index (χ3n) is 4.61. The molecule has 0 aromatic heterocycles. The standard InChI is InChI=1S/C17H24N2O2.ClH/c1-13-5-4-6-14(11-13)17(7-2-3-8-17)19-16(20)15-12-18-9-10-21-15;/h4-6,11,15,18H,2-3,7-10,12H2,1H3,(H,19,20);1H. The van der Waals surface area contributed by atoms with Crippen molar-refractivity contribution in [1.29, 1.82) is 0 Å². The van der Waals surface area contributed by atoms with Gasteiger partial charge in [0.05, 0.1) is 12.1 Å². The van der Waals surface area contributed by atoms with Crippen LogP contribution >= 0.6 is 12.4 Å². The monoisotopic (exact) mass is 324 g/mol. The number of morpholine rings is 1. The van der Waals surface area contributed by atoms with E-state index in [1.165, 1.54) is 11.1 Å². The van der Waals surface area contributed by atoms with E-state index in [0.717, 1.165) is 32.2 Å². The van der Waals surface area contributed by atoms with Gasteiger partial charge in [0.2, 0.25) is 0 Å². The lowest BCUT2D eigenvalue weighted by Gasteiger charge is -2.34. The molecule has 1 unspecified atom stereocenters. The second-order valence-electron chi connectivity index (χ2n) is 6.21. The molecule has 1 saturated heterocycles. The maximum atomic E-state index is 12.5. The van der Waals surface area contributed by atoms with E-state index in [4.69, 9.17) is 4.74 Å². The average molecular weight is 325 g/mol. The van der Waals surface area contributed by atoms with E-state index in [9.17, 15) is 4.79 Å². The number of hydrogen-bond donors (Lipinski definition) is 2. The number of rotatable bonds is 3. The fourth-order valence-corrected chi connectivity index (χ4v) is 3.46. The molecule has 4 nitrogen and oxygen atoms in total. The summed E-state index contributed by atoms with van der Waals surface area (Å²) < 4.78 is 5.58. The topological polar surface area (TPSA) is 50.4 Å². The SMILES string of the molecule is Cc1cccc(C2(NC(=O)C3CNCCO3)CCCC2)c1.Cl. The number of ether oxygens (including phenoxy) is 1. The number of halogens is 1. The second-order valence-corrected chi connectivity index (χ2v) is 6.21. The second kappa shape index (κ2) is 7.44. The minimum Gasteiger partial charge on any atom is -0.366 e. The molecule has 2 aliphatic rings. The zero-order chi connectivity index (χ0) is 14.7. The van der Waals surface area contributed by atoms with Crippen molar-refractivity contribution in [2.24, 2.45) is 0 Å². The van der Waals surface area contributed by atoms with Crippen LogP contribution in [0.25, 0.3) is 0 Å². The van der Waals surface area contributed by atoms with Gasteiger partial charge in [-0.05, 0) is 25.3 Å². The predicted octanol–water partition coefficient (Wildman–Crippen LogP) is 2.29. The number of aryl methyl sites for hydroxylation is 1. The van der Waals surface area contributed by atoms with Gasteiger partial charge in [-0.15, -0.1) is 12.4 Å². The van der Waals surface area contributed by atoms with Gasteiger partial charge in [-0.3, -0.25) is 4.79 Å². The van der Waals surface area contributed by atoms with E-state index >= 15 is 0 Å². The normalized spacial score (nSPS) is 23.6. The van der Waals surface area contributed by atoms with Crippen molar-refractivity contribution in [2.75, 3.05) is 19.7 Å². The zero-order valence-corrected chi connectivity index (χ0v) is 13.9. The first-order valence-corrected chi connectivity index (χ1v) is 7.91. The summed E-state index contributed by atoms with van der Waals surface area (Å²) in [5.41, 5.74) is 2.27. The van der Waals surface area contributed by atoms with Gasteiger partial charge < -0.3 is 15.4 Å². The average Bonchev–Trinajstić information content (AvgIpc) is 2.98. The largest absolute Gasteiger partial charge is 0.366 e. The van der Waals surface area contributed by atoms with Crippen LogP contribution in [0.5, 0.6) is 0 Å². The van der Waals surface area contributed by atoms with Crippen molar-refractivity contribution in [3.63, 3.8) is 0 Å². The maximum absolute atomic E-state index is 12.5. The first-order valence-electron chi connectivity index (χ1n) is 7.91. The molecule has 122 valence electrons. The van der Waals surface area contributed by atoms with E-state index in [2.05, 4.69) is 41.8 Å². The molecule has 1 atom stereocenters. The molecule has 1 aromatic carbocycles. The van der Waals surface area contributed by atoms with Crippen molar-refractivity contribution in [3.05, 3.63) is 35.4 Å². The van der Waals surface area contributed by atoms with Crippen LogP contribution in [0.2, 0.25) is 0 Å². The van der Waals surface area contributed by atoms with Crippen molar-refractivity contribution in [2.45, 2.75) is 44.2 Å². The van der Waals surface area contributed by atoms with Crippen molar-refractivity contribution < 1.29 is 9.53 Å². The van der Waals surface area contributed by atoms with Crippen LogP contribution < -0.4 is 10.6 Å². The van der Waals surface area contributed by atoms with Crippen LogP contribution in [0.3, 0.4) is 0 Å². The van der Waals surface area contributed by atoms with Crippen LogP contribution in [-0.4, -0.2) is 31.7 Å². The Morgan fingerprint density at radius 3 is 2.77 bits per heavy atom. The lowest BCUT2D eigenvalue weighted by Crippen LogP contribution is -2.53. The molecule has 22 heavy (non-hydrogen) atoms. The molecule has 1 saturated carbocycles. The minimum atomic E-state index is -0.360. The van der Waals surface area contributed by atoms with Gasteiger partial charge in [-0.1, -0.05) is 42.7 Å². The van der Waals surface area contributed by atoms with Crippen LogP contribution in [0.4, 0.5) is 0 Å². The number of carbonyl (C=O) groups excluding carboxylic acids is 1. The number of hydrogen-bond acceptors (Lipinski definition) is 3. The summed E-state index contributed by atoms with van der Waals surface area (Å²) in [5.74, 6) is 0.0191. The van der Waals surface area contributed by atoms with Crippen molar-refractivity contribution in [3.8, 4) is 0 Å². The van der Waals surface area contributed by atoms with Gasteiger partial charge in [-0.25, -0.2) is 0 Å². The van der Waals surface area contributed by atoms with E-state index in [1.54, 1.807) is 0 Å². The molecular formula is C17H25ClN2O2. The lowest BCUT2D eigenvalue weighted by molar-refractivity contribution is -0.136. The molecule has 1 aromatic rings. The third-order valence-corrected chi connectivity index (χ3v) is 4.61. The van der Waals surface area contributed by atoms with Crippen LogP contribution in [0, 0.1) is 6.92 Å². The summed E-state index contributed by atoms with van der Waals surface area (Å²) in [5, 5.41) is 6.52. The van der Waals surface area contributed by atoms with E-state index < -0.39 is 0 Å². The highest BCUT2D eigenvalue weighted by Gasteiger charge is 2.38. The highest BCUT2D eigenvalue weighted by Crippen LogP contribution is 2.39. The Labute approximate surface area is 138 Å². The molecule has 1 heterocycles. The van der Waals surface area contributed by atoms with Gasteiger partial charge in [0.25, 0.3) is 5.91 Å². The first-order chi connectivity index (χ1) is 10.2. The summed E-state index contributed by atoms with van der Waals surface area (Å²) in [7, 11) is 0. The molecule has 2 N–H and O–H groups in total. The highest BCUT2D eigenvalue weighted by atomic mass is 35.5. The van der Waals surface area contributed by atoms with E-state index in [1.807, 2.05) is 0 Å². The number of benzene rings is 1. The Balaban J connectivity index is 0.00000176. The fraction of sp³-hybridized carbons (Fsp3) is 0.588. The van der Waals surface area contributed by atoms with Gasteiger partial charge in [-0.2, -0.15) is 0 Å². The molecule has 0 spiro atoms. The van der Waals surface area contributed by atoms with Gasteiger partial charge in [0, 0.05) is 13.1 Å². The quantitative estimate of drug-likeness (QED) is 0.897. The minimum absolute atomic E-state index is 0. The Kier molecular flexibility index (Phi) is 5.84. The summed E-state index contributed by atoms with van der Waals surface area (Å²) in [6, 6.07) is 8.52. The molecular weight excluding hydrogens is 300 g/mol. The Morgan fingerprint density at radius 2 is 2.14 bits per heavy atom. The van der Waals surface area contributed by atoms with Crippen molar-refractivity contribution >= 4 is 18.3 Å². The number of carbonyl (C=O) groups is 1. The van der Waals surface area contributed by atoms with Gasteiger partial charge in [0.1, 0.15) is 6.10 Å². The molecule has 5 heteroatoms. The van der Waals surface area contributed by atoms with Gasteiger partial charge >= 0.3 is 0 Å². The van der Waals surface area contributed by atoms with Crippen LogP contribution in [0.1, 0.15) is 36.8 Å². The zero-order valence-electron chi connectivity index (χ0n) is 13.1. The molecule has 3 rings (SSSR count). The Morgan fingerprint density at radius 1 is 1.36 bits per heavy atom. The molecule has 1 aliphatic heterocycles. The van der Waals surface area contributed by atoms with E-state index in [-0.39, 0.29) is 30.0 Å². The Bertz CT molecular complexity index is 509. The molecule has 0 bridgehead atoms. The van der Waals surface area contributed by atoms with Crippen molar-refractivity contribution in [1.82, 2.24) is 10.6 Å². The molecule has 2 fully saturated rings. The molecule has 1 aliphatic carbocycles. The summed E-state index contributed by atoms with van der Waals surface area (Å²) in [6.45, 7) is 4.14. The molecule has 1 amide bonds. The number of nitrogens with one attached hydrogen (secondary N) is 2. The Hall–Kier alpha value is -1.10. The van der Waals surface area contributed by atoms with E-state index in [0.29, 0.717) is 13.2 Å². The van der Waals surface area contributed by atoms with Crippen LogP contribution in [0.15, 0.2) is 24.3 Å². The molecule has 0 radical (unpaired) electrons. The summed E-state index contributed by atoms with van der Waals surface area (Å²) in [6.07, 6.45) is 4.00. The number of amides is 1. The summed E-state index contributed by atoms with van der Waals surface area (Å²) >= 11 is 0. The predicted molar refractivity (Wildman–Crippen MR) is 89.3 cm³/mol. The third kappa shape index (κ3) is 3.62. The first kappa shape index (κ1) is 17.3. The van der Waals surface area contributed by atoms with Gasteiger partial charge in [0.15, 0.2) is 0 Å². The summed E-state index contributed by atoms with van der Waals surface area (Å²) in [4.78, 5) is 12.5. The smallest absolute Gasteiger partial charge is 0.251 e.